The number of carbonyl (C=O) groups excluding carboxylic acids is 1. The van der Waals surface area contributed by atoms with Gasteiger partial charge in [-0.05, 0) is 11.1 Å². The van der Waals surface area contributed by atoms with E-state index in [9.17, 15) is 14.7 Å². The Morgan fingerprint density at radius 1 is 1.00 bits per heavy atom. The van der Waals surface area contributed by atoms with Crippen molar-refractivity contribution >= 4 is 18.0 Å². The fourth-order valence-electron chi connectivity index (χ4n) is 1.88. The van der Waals surface area contributed by atoms with E-state index >= 15 is 0 Å². The van der Waals surface area contributed by atoms with Crippen LogP contribution in [0.3, 0.4) is 0 Å². The molecule has 0 saturated heterocycles. The molecular formula is C17H15NO3. The van der Waals surface area contributed by atoms with E-state index < -0.39 is 5.97 Å². The smallest absolute Gasteiger partial charge is 0.350 e. The normalized spacial score (nSPS) is 11.1. The average molecular weight is 281 g/mol. The van der Waals surface area contributed by atoms with Crippen molar-refractivity contribution in [2.75, 3.05) is 0 Å². The standard InChI is InChI=1S/C17H15NO3/c19-12-15-8-6-14(7-9-15)11-18-16(17(20)21)10-13-4-2-1-3-5-13/h1-9,12H,10-11H2,(H,20,21). The summed E-state index contributed by atoms with van der Waals surface area (Å²) in [5.74, 6) is -1.01. The van der Waals surface area contributed by atoms with E-state index in [1.165, 1.54) is 0 Å². The molecule has 0 atom stereocenters. The summed E-state index contributed by atoms with van der Waals surface area (Å²) < 4.78 is 0. The molecule has 0 aliphatic rings. The van der Waals surface area contributed by atoms with Gasteiger partial charge in [-0.25, -0.2) is 4.79 Å². The van der Waals surface area contributed by atoms with Crippen molar-refractivity contribution in [2.45, 2.75) is 13.0 Å². The minimum Gasteiger partial charge on any atom is -0.477 e. The lowest BCUT2D eigenvalue weighted by atomic mass is 10.1. The maximum atomic E-state index is 11.2. The number of aliphatic imine (C=N–C) groups is 1. The molecule has 0 aliphatic heterocycles. The summed E-state index contributed by atoms with van der Waals surface area (Å²) in [4.78, 5) is 26.0. The third-order valence-corrected chi connectivity index (χ3v) is 3.03. The maximum absolute atomic E-state index is 11.2. The van der Waals surface area contributed by atoms with Crippen LogP contribution in [0.25, 0.3) is 0 Å². The molecule has 4 heteroatoms. The Morgan fingerprint density at radius 2 is 1.67 bits per heavy atom. The van der Waals surface area contributed by atoms with Crippen LogP contribution in [0.5, 0.6) is 0 Å². The van der Waals surface area contributed by atoms with Gasteiger partial charge >= 0.3 is 5.97 Å². The molecule has 4 nitrogen and oxygen atoms in total. The number of aldehydes is 1. The van der Waals surface area contributed by atoms with E-state index in [-0.39, 0.29) is 12.3 Å². The highest BCUT2D eigenvalue weighted by atomic mass is 16.4. The van der Waals surface area contributed by atoms with Crippen molar-refractivity contribution in [3.63, 3.8) is 0 Å². The number of carboxylic acid groups (broad SMARTS) is 1. The number of carbonyl (C=O) groups is 2. The molecule has 0 heterocycles. The van der Waals surface area contributed by atoms with Crippen molar-refractivity contribution in [3.8, 4) is 0 Å². The molecule has 21 heavy (non-hydrogen) atoms. The van der Waals surface area contributed by atoms with E-state index in [4.69, 9.17) is 0 Å². The van der Waals surface area contributed by atoms with E-state index in [2.05, 4.69) is 4.99 Å². The first-order chi connectivity index (χ1) is 10.2. The van der Waals surface area contributed by atoms with Crippen LogP contribution in [0, 0.1) is 0 Å². The number of carboxylic acids is 1. The number of rotatable bonds is 6. The highest BCUT2D eigenvalue weighted by Gasteiger charge is 2.09. The molecule has 0 radical (unpaired) electrons. The molecule has 2 aromatic rings. The van der Waals surface area contributed by atoms with Gasteiger partial charge in [-0.2, -0.15) is 0 Å². The molecule has 0 bridgehead atoms. The lowest BCUT2D eigenvalue weighted by Gasteiger charge is -2.03. The van der Waals surface area contributed by atoms with Gasteiger partial charge < -0.3 is 5.11 Å². The van der Waals surface area contributed by atoms with Gasteiger partial charge in [-0.15, -0.1) is 0 Å². The van der Waals surface area contributed by atoms with Gasteiger partial charge in [0.15, 0.2) is 0 Å². The zero-order chi connectivity index (χ0) is 15.1. The highest BCUT2D eigenvalue weighted by molar-refractivity contribution is 6.36. The second-order valence-electron chi connectivity index (χ2n) is 4.59. The Kier molecular flexibility index (Phi) is 4.99. The summed E-state index contributed by atoms with van der Waals surface area (Å²) in [7, 11) is 0. The molecule has 106 valence electrons. The summed E-state index contributed by atoms with van der Waals surface area (Å²) in [6.07, 6.45) is 1.06. The van der Waals surface area contributed by atoms with E-state index in [0.717, 1.165) is 17.4 Å². The Bertz CT molecular complexity index is 645. The third kappa shape index (κ3) is 4.38. The number of benzene rings is 2. The summed E-state index contributed by atoms with van der Waals surface area (Å²) >= 11 is 0. The first-order valence-electron chi connectivity index (χ1n) is 6.53. The molecule has 0 spiro atoms. The van der Waals surface area contributed by atoms with Crippen molar-refractivity contribution in [1.82, 2.24) is 0 Å². The van der Waals surface area contributed by atoms with Gasteiger partial charge in [0.2, 0.25) is 0 Å². The van der Waals surface area contributed by atoms with Crippen molar-refractivity contribution in [3.05, 3.63) is 71.3 Å². The molecular weight excluding hydrogens is 266 g/mol. The fourth-order valence-corrected chi connectivity index (χ4v) is 1.88. The third-order valence-electron chi connectivity index (χ3n) is 3.03. The van der Waals surface area contributed by atoms with Gasteiger partial charge in [0.25, 0.3) is 0 Å². The molecule has 0 amide bonds. The van der Waals surface area contributed by atoms with Crippen LogP contribution in [0.15, 0.2) is 59.6 Å². The van der Waals surface area contributed by atoms with Crippen LogP contribution in [-0.4, -0.2) is 23.1 Å². The fraction of sp³-hybridized carbons (Fsp3) is 0.118. The van der Waals surface area contributed by atoms with Gasteiger partial charge in [0, 0.05) is 12.0 Å². The maximum Gasteiger partial charge on any atom is 0.350 e. The van der Waals surface area contributed by atoms with Crippen molar-refractivity contribution in [1.29, 1.82) is 0 Å². The summed E-state index contributed by atoms with van der Waals surface area (Å²) in [5, 5.41) is 9.22. The summed E-state index contributed by atoms with van der Waals surface area (Å²) in [6.45, 7) is 0.285. The van der Waals surface area contributed by atoms with E-state index in [0.29, 0.717) is 12.0 Å². The topological polar surface area (TPSA) is 66.7 Å². The zero-order valence-electron chi connectivity index (χ0n) is 11.4. The average Bonchev–Trinajstić information content (AvgIpc) is 2.52. The highest BCUT2D eigenvalue weighted by Crippen LogP contribution is 2.06. The van der Waals surface area contributed by atoms with Crippen molar-refractivity contribution < 1.29 is 14.7 Å². The monoisotopic (exact) mass is 281 g/mol. The molecule has 0 fully saturated rings. The SMILES string of the molecule is O=Cc1ccc(CN=C(Cc2ccccc2)C(=O)O)cc1. The Hall–Kier alpha value is -2.75. The second kappa shape index (κ2) is 7.14. The molecule has 0 aromatic heterocycles. The first-order valence-corrected chi connectivity index (χ1v) is 6.53. The van der Waals surface area contributed by atoms with Crippen LogP contribution in [0.4, 0.5) is 0 Å². The van der Waals surface area contributed by atoms with Crippen LogP contribution in [-0.2, 0) is 17.8 Å². The van der Waals surface area contributed by atoms with Crippen LogP contribution < -0.4 is 0 Å². The minimum atomic E-state index is -1.01. The molecule has 2 aromatic carbocycles. The van der Waals surface area contributed by atoms with E-state index in [1.807, 2.05) is 30.3 Å². The largest absolute Gasteiger partial charge is 0.477 e. The Balaban J connectivity index is 2.10. The predicted molar refractivity (Wildman–Crippen MR) is 80.8 cm³/mol. The molecule has 0 saturated carbocycles. The van der Waals surface area contributed by atoms with Gasteiger partial charge in [-0.1, -0.05) is 54.6 Å². The quantitative estimate of drug-likeness (QED) is 0.654. The Labute approximate surface area is 122 Å². The predicted octanol–water partition coefficient (Wildman–Crippen LogP) is 2.77. The van der Waals surface area contributed by atoms with Crippen LogP contribution in [0.1, 0.15) is 21.5 Å². The van der Waals surface area contributed by atoms with Crippen LogP contribution >= 0.6 is 0 Å². The lowest BCUT2D eigenvalue weighted by molar-refractivity contribution is -0.129. The van der Waals surface area contributed by atoms with Crippen LogP contribution in [0.2, 0.25) is 0 Å². The minimum absolute atomic E-state index is 0.126. The molecule has 1 N–H and O–H groups in total. The first kappa shape index (κ1) is 14.7. The van der Waals surface area contributed by atoms with Gasteiger partial charge in [-0.3, -0.25) is 9.79 Å². The van der Waals surface area contributed by atoms with E-state index in [1.54, 1.807) is 24.3 Å². The van der Waals surface area contributed by atoms with Crippen molar-refractivity contribution in [2.24, 2.45) is 4.99 Å². The molecule has 2 rings (SSSR count). The van der Waals surface area contributed by atoms with Gasteiger partial charge in [0.1, 0.15) is 12.0 Å². The van der Waals surface area contributed by atoms with Gasteiger partial charge in [0.05, 0.1) is 6.54 Å². The Morgan fingerprint density at radius 3 is 2.24 bits per heavy atom. The number of aliphatic carboxylic acids is 1. The number of nitrogens with zero attached hydrogens (tertiary/aromatic N) is 1. The summed E-state index contributed by atoms with van der Waals surface area (Å²) in [5.41, 5.74) is 2.49. The molecule has 0 unspecified atom stereocenters. The lowest BCUT2D eigenvalue weighted by Crippen LogP contribution is -2.16. The molecule has 0 aliphatic carbocycles. The zero-order valence-corrected chi connectivity index (χ0v) is 11.4. The summed E-state index contributed by atoms with van der Waals surface area (Å²) in [6, 6.07) is 16.3. The number of hydrogen-bond donors (Lipinski definition) is 1. The number of hydrogen-bond acceptors (Lipinski definition) is 3. The second-order valence-corrected chi connectivity index (χ2v) is 4.59.